The first-order valence-electron chi connectivity index (χ1n) is 9.97. The van der Waals surface area contributed by atoms with E-state index in [4.69, 9.17) is 14.2 Å². The van der Waals surface area contributed by atoms with Gasteiger partial charge >= 0.3 is 5.97 Å². The van der Waals surface area contributed by atoms with Crippen LogP contribution < -0.4 is 14.4 Å². The van der Waals surface area contributed by atoms with Crippen molar-refractivity contribution in [2.75, 3.05) is 25.2 Å². The number of carbonyl (C=O) groups is 2. The molecule has 0 fully saturated rings. The van der Waals surface area contributed by atoms with E-state index in [0.29, 0.717) is 28.9 Å². The summed E-state index contributed by atoms with van der Waals surface area (Å²) >= 11 is 1.76. The normalized spacial score (nSPS) is 15.9. The lowest BCUT2D eigenvalue weighted by atomic mass is 10.2. The molecule has 1 heterocycles. The minimum atomic E-state index is -0.580. The van der Waals surface area contributed by atoms with Gasteiger partial charge < -0.3 is 19.1 Å². The van der Waals surface area contributed by atoms with Crippen LogP contribution in [0, 0.1) is 0 Å². The van der Waals surface area contributed by atoms with E-state index in [0.717, 1.165) is 17.0 Å². The summed E-state index contributed by atoms with van der Waals surface area (Å²) in [6.45, 7) is 6.24. The minimum Gasteiger partial charge on any atom is -0.493 e. The molecule has 2 aromatic carbocycles. The van der Waals surface area contributed by atoms with Crippen molar-refractivity contribution in [3.8, 4) is 11.5 Å². The molecule has 0 aromatic heterocycles. The highest BCUT2D eigenvalue weighted by Gasteiger charge is 2.25. The first-order chi connectivity index (χ1) is 14.4. The lowest BCUT2D eigenvalue weighted by Gasteiger charge is -2.22. The molecular formula is C23H27NO5S. The van der Waals surface area contributed by atoms with Crippen molar-refractivity contribution in [3.63, 3.8) is 0 Å². The van der Waals surface area contributed by atoms with E-state index >= 15 is 0 Å². The van der Waals surface area contributed by atoms with E-state index in [9.17, 15) is 9.59 Å². The average Bonchev–Trinajstić information content (AvgIpc) is 2.89. The molecule has 1 unspecified atom stereocenters. The van der Waals surface area contributed by atoms with Crippen molar-refractivity contribution < 1.29 is 23.8 Å². The van der Waals surface area contributed by atoms with Gasteiger partial charge in [0.1, 0.15) is 0 Å². The third-order valence-corrected chi connectivity index (χ3v) is 5.87. The molecule has 2 aromatic rings. The number of para-hydroxylation sites is 1. The number of carbonyl (C=O) groups excluding carboxylic acids is 2. The van der Waals surface area contributed by atoms with Crippen LogP contribution in [-0.2, 0) is 9.53 Å². The molecule has 1 amide bonds. The Labute approximate surface area is 181 Å². The van der Waals surface area contributed by atoms with Crippen LogP contribution in [0.25, 0.3) is 0 Å². The van der Waals surface area contributed by atoms with Gasteiger partial charge in [0.2, 0.25) is 0 Å². The Morgan fingerprint density at radius 3 is 2.67 bits per heavy atom. The van der Waals surface area contributed by atoms with Gasteiger partial charge in [0, 0.05) is 16.7 Å². The number of rotatable bonds is 6. The maximum Gasteiger partial charge on any atom is 0.338 e. The monoisotopic (exact) mass is 429 g/mol. The lowest BCUT2D eigenvalue weighted by molar-refractivity contribution is -0.121. The number of fused-ring (bicyclic) bond motifs is 1. The third kappa shape index (κ3) is 5.27. The van der Waals surface area contributed by atoms with Crippen LogP contribution in [0.5, 0.6) is 11.5 Å². The molecule has 7 heteroatoms. The second-order valence-corrected chi connectivity index (χ2v) is 8.82. The van der Waals surface area contributed by atoms with Gasteiger partial charge in [-0.3, -0.25) is 4.79 Å². The van der Waals surface area contributed by atoms with E-state index in [1.165, 1.54) is 7.11 Å². The van der Waals surface area contributed by atoms with Crippen molar-refractivity contribution >= 4 is 29.3 Å². The maximum absolute atomic E-state index is 12.8. The highest BCUT2D eigenvalue weighted by molar-refractivity contribution is 8.00. The fourth-order valence-electron chi connectivity index (χ4n) is 3.18. The van der Waals surface area contributed by atoms with E-state index < -0.39 is 5.97 Å². The summed E-state index contributed by atoms with van der Waals surface area (Å²) in [6, 6.07) is 12.7. The molecule has 1 aliphatic heterocycles. The standard InChI is InChI=1S/C23H27NO5S/c1-15(2)29-19-10-9-17(13-20(19)27-4)23(26)28-14-22(25)24-12-11-16(3)30-21-8-6-5-7-18(21)24/h5-10,13,15-16H,11-12,14H2,1-4H3. The highest BCUT2D eigenvalue weighted by atomic mass is 32.2. The minimum absolute atomic E-state index is 0.0216. The Morgan fingerprint density at radius 1 is 1.17 bits per heavy atom. The van der Waals surface area contributed by atoms with Crippen molar-refractivity contribution in [1.82, 2.24) is 0 Å². The van der Waals surface area contributed by atoms with Crippen molar-refractivity contribution in [1.29, 1.82) is 0 Å². The molecule has 0 saturated heterocycles. The van der Waals surface area contributed by atoms with Crippen LogP contribution in [0.15, 0.2) is 47.4 Å². The summed E-state index contributed by atoms with van der Waals surface area (Å²) in [5.41, 5.74) is 1.17. The van der Waals surface area contributed by atoms with Crippen LogP contribution in [-0.4, -0.2) is 43.5 Å². The number of methoxy groups -OCH3 is 1. The third-order valence-electron chi connectivity index (χ3n) is 4.63. The molecule has 0 radical (unpaired) electrons. The predicted molar refractivity (Wildman–Crippen MR) is 118 cm³/mol. The molecule has 30 heavy (non-hydrogen) atoms. The molecule has 1 aliphatic rings. The summed E-state index contributed by atoms with van der Waals surface area (Å²) in [5.74, 6) is 0.172. The van der Waals surface area contributed by atoms with Gasteiger partial charge in [-0.2, -0.15) is 0 Å². The largest absolute Gasteiger partial charge is 0.493 e. The number of thioether (sulfide) groups is 1. The summed E-state index contributed by atoms with van der Waals surface area (Å²) < 4.78 is 16.3. The van der Waals surface area contributed by atoms with Crippen LogP contribution in [0.4, 0.5) is 5.69 Å². The Kier molecular flexibility index (Phi) is 7.26. The van der Waals surface area contributed by atoms with Gasteiger partial charge in [-0.1, -0.05) is 19.1 Å². The number of anilines is 1. The molecule has 0 saturated carbocycles. The second-order valence-electron chi connectivity index (χ2n) is 7.34. The van der Waals surface area contributed by atoms with Crippen LogP contribution in [0.3, 0.4) is 0 Å². The highest BCUT2D eigenvalue weighted by Crippen LogP contribution is 2.37. The molecule has 0 aliphatic carbocycles. The molecule has 0 N–H and O–H groups in total. The molecule has 6 nitrogen and oxygen atoms in total. The van der Waals surface area contributed by atoms with Crippen molar-refractivity contribution in [3.05, 3.63) is 48.0 Å². The number of hydrogen-bond acceptors (Lipinski definition) is 6. The summed E-state index contributed by atoms with van der Waals surface area (Å²) in [5, 5.41) is 0.408. The number of esters is 1. The second kappa shape index (κ2) is 9.89. The molecule has 160 valence electrons. The molecule has 0 spiro atoms. The average molecular weight is 430 g/mol. The predicted octanol–water partition coefficient (Wildman–Crippen LogP) is 4.56. The SMILES string of the molecule is COc1cc(C(=O)OCC(=O)N2CCC(C)Sc3ccccc32)ccc1OC(C)C. The van der Waals surface area contributed by atoms with Gasteiger partial charge in [0.25, 0.3) is 5.91 Å². The van der Waals surface area contributed by atoms with Crippen molar-refractivity contribution in [2.24, 2.45) is 0 Å². The van der Waals surface area contributed by atoms with E-state index in [1.54, 1.807) is 34.9 Å². The fourth-order valence-corrected chi connectivity index (χ4v) is 4.29. The first kappa shape index (κ1) is 22.0. The van der Waals surface area contributed by atoms with Gasteiger partial charge in [-0.05, 0) is 50.6 Å². The zero-order valence-electron chi connectivity index (χ0n) is 17.7. The summed E-state index contributed by atoms with van der Waals surface area (Å²) in [6.07, 6.45) is 0.847. The van der Waals surface area contributed by atoms with E-state index in [-0.39, 0.29) is 18.6 Å². The van der Waals surface area contributed by atoms with Crippen LogP contribution in [0.1, 0.15) is 37.6 Å². The fraction of sp³-hybridized carbons (Fsp3) is 0.391. The van der Waals surface area contributed by atoms with Gasteiger partial charge in [-0.15, -0.1) is 11.8 Å². The molecule has 1 atom stereocenters. The van der Waals surface area contributed by atoms with Crippen molar-refractivity contribution in [2.45, 2.75) is 43.4 Å². The maximum atomic E-state index is 12.8. The van der Waals surface area contributed by atoms with E-state index in [1.807, 2.05) is 38.1 Å². The Hall–Kier alpha value is -2.67. The number of benzene rings is 2. The topological polar surface area (TPSA) is 65.1 Å². The number of ether oxygens (including phenoxy) is 3. The Morgan fingerprint density at radius 2 is 1.93 bits per heavy atom. The quantitative estimate of drug-likeness (QED) is 0.628. The number of hydrogen-bond donors (Lipinski definition) is 0. The van der Waals surface area contributed by atoms with Gasteiger partial charge in [-0.25, -0.2) is 4.79 Å². The van der Waals surface area contributed by atoms with Crippen LogP contribution in [0.2, 0.25) is 0 Å². The molecular weight excluding hydrogens is 402 g/mol. The number of amides is 1. The lowest BCUT2D eigenvalue weighted by Crippen LogP contribution is -2.35. The van der Waals surface area contributed by atoms with Gasteiger partial charge in [0.15, 0.2) is 18.1 Å². The Bertz CT molecular complexity index is 914. The zero-order valence-corrected chi connectivity index (χ0v) is 18.5. The first-order valence-corrected chi connectivity index (χ1v) is 10.8. The van der Waals surface area contributed by atoms with Gasteiger partial charge in [0.05, 0.1) is 24.5 Å². The summed E-state index contributed by atoms with van der Waals surface area (Å²) in [7, 11) is 1.51. The van der Waals surface area contributed by atoms with Crippen LogP contribution >= 0.6 is 11.8 Å². The number of nitrogens with zero attached hydrogens (tertiary/aromatic N) is 1. The molecule has 0 bridgehead atoms. The summed E-state index contributed by atoms with van der Waals surface area (Å²) in [4.78, 5) is 28.1. The molecule has 3 rings (SSSR count). The zero-order chi connectivity index (χ0) is 21.7. The Balaban J connectivity index is 1.68. The van der Waals surface area contributed by atoms with E-state index in [2.05, 4.69) is 6.92 Å². The smallest absolute Gasteiger partial charge is 0.338 e.